The highest BCUT2D eigenvalue weighted by Crippen LogP contribution is 2.24. The van der Waals surface area contributed by atoms with Crippen molar-refractivity contribution in [2.45, 2.75) is 13.5 Å². The number of carbonyl (C=O) groups excluding carboxylic acids is 3. The zero-order valence-electron chi connectivity index (χ0n) is 16.7. The van der Waals surface area contributed by atoms with Gasteiger partial charge >= 0.3 is 5.97 Å². The summed E-state index contributed by atoms with van der Waals surface area (Å²) in [6, 6.07) is 13.7. The van der Waals surface area contributed by atoms with E-state index in [9.17, 15) is 14.4 Å². The fraction of sp³-hybridized carbons (Fsp3) is 0.130. The van der Waals surface area contributed by atoms with Crippen LogP contribution in [-0.2, 0) is 11.3 Å². The molecule has 4 heterocycles. The lowest BCUT2D eigenvalue weighted by atomic mass is 10.2. The molecule has 0 unspecified atom stereocenters. The van der Waals surface area contributed by atoms with Gasteiger partial charge in [-0.15, -0.1) is 11.3 Å². The van der Waals surface area contributed by atoms with Crippen molar-refractivity contribution < 1.29 is 19.1 Å². The number of fused-ring (bicyclic) bond motifs is 1. The molecule has 0 fully saturated rings. The van der Waals surface area contributed by atoms with Crippen LogP contribution in [0.3, 0.4) is 0 Å². The van der Waals surface area contributed by atoms with E-state index in [4.69, 9.17) is 4.74 Å². The number of ketones is 1. The Kier molecular flexibility index (Phi) is 5.90. The van der Waals surface area contributed by atoms with Gasteiger partial charge in [0, 0.05) is 18.0 Å². The van der Waals surface area contributed by atoms with Crippen molar-refractivity contribution in [2.75, 3.05) is 6.61 Å². The van der Waals surface area contributed by atoms with Crippen molar-refractivity contribution in [1.82, 2.24) is 14.7 Å². The summed E-state index contributed by atoms with van der Waals surface area (Å²) in [5, 5.41) is 4.63. The van der Waals surface area contributed by atoms with E-state index in [0.717, 1.165) is 5.69 Å². The first kappa shape index (κ1) is 20.5. The summed E-state index contributed by atoms with van der Waals surface area (Å²) in [4.78, 5) is 42.9. The number of hydrogen-bond acceptors (Lipinski definition) is 6. The van der Waals surface area contributed by atoms with E-state index >= 15 is 0 Å². The van der Waals surface area contributed by atoms with Crippen molar-refractivity contribution >= 4 is 34.5 Å². The molecule has 0 aliphatic carbocycles. The maximum atomic E-state index is 12.9. The maximum absolute atomic E-state index is 12.9. The zero-order valence-corrected chi connectivity index (χ0v) is 17.5. The predicted molar refractivity (Wildman–Crippen MR) is 117 cm³/mol. The van der Waals surface area contributed by atoms with Gasteiger partial charge in [0.2, 0.25) is 5.78 Å². The van der Waals surface area contributed by atoms with E-state index in [1.807, 2.05) is 17.5 Å². The van der Waals surface area contributed by atoms with Gasteiger partial charge in [-0.25, -0.2) is 4.79 Å². The van der Waals surface area contributed by atoms with Gasteiger partial charge < -0.3 is 14.5 Å². The summed E-state index contributed by atoms with van der Waals surface area (Å²) >= 11 is 1.33. The Morgan fingerprint density at radius 2 is 2.00 bits per heavy atom. The lowest BCUT2D eigenvalue weighted by molar-refractivity contribution is 0.0528. The molecule has 0 atom stereocenters. The normalized spacial score (nSPS) is 10.7. The molecule has 31 heavy (non-hydrogen) atoms. The number of ether oxygens (including phenoxy) is 1. The van der Waals surface area contributed by atoms with Crippen molar-refractivity contribution in [2.24, 2.45) is 0 Å². The Hall–Kier alpha value is -3.78. The van der Waals surface area contributed by atoms with Gasteiger partial charge in [0.05, 0.1) is 40.5 Å². The van der Waals surface area contributed by atoms with Gasteiger partial charge in [0.1, 0.15) is 0 Å². The fourth-order valence-electron chi connectivity index (χ4n) is 3.20. The Labute approximate surface area is 182 Å². The molecule has 0 bridgehead atoms. The van der Waals surface area contributed by atoms with E-state index in [2.05, 4.69) is 10.3 Å². The third-order valence-electron chi connectivity index (χ3n) is 4.66. The minimum Gasteiger partial charge on any atom is -0.462 e. The van der Waals surface area contributed by atoms with Gasteiger partial charge in [-0.05, 0) is 48.7 Å². The molecule has 0 saturated heterocycles. The second-order valence-corrected chi connectivity index (χ2v) is 7.59. The van der Waals surface area contributed by atoms with E-state index < -0.39 is 5.97 Å². The topological polar surface area (TPSA) is 89.8 Å². The predicted octanol–water partition coefficient (Wildman–Crippen LogP) is 3.73. The van der Waals surface area contributed by atoms with Crippen LogP contribution in [0.5, 0.6) is 0 Å². The molecule has 7 nitrogen and oxygen atoms in total. The molecule has 0 saturated carbocycles. The van der Waals surface area contributed by atoms with Crippen LogP contribution in [0.1, 0.15) is 48.7 Å². The van der Waals surface area contributed by atoms with Gasteiger partial charge in [0.15, 0.2) is 0 Å². The zero-order chi connectivity index (χ0) is 21.8. The number of carbonyl (C=O) groups is 3. The molecule has 0 aliphatic rings. The average Bonchev–Trinajstić information content (AvgIpc) is 3.46. The lowest BCUT2D eigenvalue weighted by Gasteiger charge is -2.07. The number of hydrogen-bond donors (Lipinski definition) is 1. The number of nitrogens with zero attached hydrogens (tertiary/aromatic N) is 2. The first-order valence-corrected chi connectivity index (χ1v) is 10.5. The van der Waals surface area contributed by atoms with Crippen molar-refractivity contribution in [1.29, 1.82) is 0 Å². The average molecular weight is 433 g/mol. The van der Waals surface area contributed by atoms with Crippen molar-refractivity contribution in [3.8, 4) is 0 Å². The van der Waals surface area contributed by atoms with Crippen LogP contribution in [-0.4, -0.2) is 33.7 Å². The SMILES string of the molecule is CCOC(=O)c1cc(C(=O)c2cccs2)n2ccc(C(=O)NCc3ccccn3)cc12. The van der Waals surface area contributed by atoms with Crippen LogP contribution in [0.15, 0.2) is 66.3 Å². The first-order valence-electron chi connectivity index (χ1n) is 9.67. The Balaban J connectivity index is 1.69. The van der Waals surface area contributed by atoms with E-state index in [-0.39, 0.29) is 30.4 Å². The number of rotatable bonds is 7. The van der Waals surface area contributed by atoms with Crippen LogP contribution in [0.2, 0.25) is 0 Å². The first-order chi connectivity index (χ1) is 15.1. The summed E-state index contributed by atoms with van der Waals surface area (Å²) in [5.41, 5.74) is 2.10. The summed E-state index contributed by atoms with van der Waals surface area (Å²) in [6.45, 7) is 2.19. The lowest BCUT2D eigenvalue weighted by Crippen LogP contribution is -2.23. The molecule has 0 aliphatic heterocycles. The molecule has 156 valence electrons. The van der Waals surface area contributed by atoms with E-state index in [0.29, 0.717) is 21.7 Å². The molecule has 8 heteroatoms. The number of pyridine rings is 2. The minimum absolute atomic E-state index is 0.201. The molecule has 4 rings (SSSR count). The molecule has 4 aromatic heterocycles. The maximum Gasteiger partial charge on any atom is 0.340 e. The largest absolute Gasteiger partial charge is 0.462 e. The summed E-state index contributed by atoms with van der Waals surface area (Å²) < 4.78 is 6.77. The standard InChI is InChI=1S/C23H19N3O4S/c1-2-30-23(29)17-13-19(21(27)20-7-5-11-31-20)26-10-8-15(12-18(17)26)22(28)25-14-16-6-3-4-9-24-16/h3-13H,2,14H2,1H3,(H,25,28). The third-order valence-corrected chi connectivity index (χ3v) is 5.53. The van der Waals surface area contributed by atoms with Crippen molar-refractivity contribution in [3.63, 3.8) is 0 Å². The van der Waals surface area contributed by atoms with Crippen LogP contribution < -0.4 is 5.32 Å². The van der Waals surface area contributed by atoms with E-state index in [1.165, 1.54) is 17.4 Å². The molecule has 0 aromatic carbocycles. The summed E-state index contributed by atoms with van der Waals surface area (Å²) in [6.07, 6.45) is 3.28. The van der Waals surface area contributed by atoms with Gasteiger partial charge in [-0.1, -0.05) is 12.1 Å². The van der Waals surface area contributed by atoms with Crippen molar-refractivity contribution in [3.05, 3.63) is 93.7 Å². The highest BCUT2D eigenvalue weighted by molar-refractivity contribution is 7.12. The van der Waals surface area contributed by atoms with Gasteiger partial charge in [0.25, 0.3) is 5.91 Å². The second kappa shape index (κ2) is 8.93. The number of aromatic nitrogens is 2. The molecule has 0 radical (unpaired) electrons. The van der Waals surface area contributed by atoms with E-state index in [1.54, 1.807) is 54.0 Å². The highest BCUT2D eigenvalue weighted by atomic mass is 32.1. The monoisotopic (exact) mass is 433 g/mol. The number of esters is 1. The van der Waals surface area contributed by atoms with Crippen LogP contribution in [0.25, 0.3) is 5.52 Å². The second-order valence-electron chi connectivity index (χ2n) is 6.64. The molecular formula is C23H19N3O4S. The Bertz CT molecular complexity index is 1250. The van der Waals surface area contributed by atoms with Crippen LogP contribution >= 0.6 is 11.3 Å². The Morgan fingerprint density at radius 3 is 2.71 bits per heavy atom. The highest BCUT2D eigenvalue weighted by Gasteiger charge is 2.23. The third kappa shape index (κ3) is 4.24. The smallest absolute Gasteiger partial charge is 0.340 e. The van der Waals surface area contributed by atoms with Gasteiger partial charge in [-0.2, -0.15) is 0 Å². The van der Waals surface area contributed by atoms with Crippen LogP contribution in [0, 0.1) is 0 Å². The van der Waals surface area contributed by atoms with Crippen LogP contribution in [0.4, 0.5) is 0 Å². The number of nitrogens with one attached hydrogen (secondary N) is 1. The summed E-state index contributed by atoms with van der Waals surface area (Å²) in [7, 11) is 0. The molecule has 4 aromatic rings. The van der Waals surface area contributed by atoms with Gasteiger partial charge in [-0.3, -0.25) is 14.6 Å². The number of amides is 1. The molecule has 1 amide bonds. The molecular weight excluding hydrogens is 414 g/mol. The summed E-state index contributed by atoms with van der Waals surface area (Å²) in [5.74, 6) is -1.06. The minimum atomic E-state index is -0.545. The fourth-order valence-corrected chi connectivity index (χ4v) is 3.87. The number of thiophene rings is 1. The molecule has 1 N–H and O–H groups in total. The quantitative estimate of drug-likeness (QED) is 0.354. The molecule has 0 spiro atoms. The Morgan fingerprint density at radius 1 is 1.13 bits per heavy atom.